The highest BCUT2D eigenvalue weighted by atomic mass is 16.2. The van der Waals surface area contributed by atoms with Gasteiger partial charge in [0.25, 0.3) is 0 Å². The number of piperidine rings is 1. The molecule has 1 fully saturated rings. The van der Waals surface area contributed by atoms with Crippen LogP contribution < -0.4 is 5.32 Å². The molecule has 3 unspecified atom stereocenters. The lowest BCUT2D eigenvalue weighted by atomic mass is 9.84. The van der Waals surface area contributed by atoms with Crippen LogP contribution in [-0.2, 0) is 4.79 Å². The molecule has 0 saturated carbocycles. The van der Waals surface area contributed by atoms with Crippen molar-refractivity contribution >= 4 is 5.91 Å². The summed E-state index contributed by atoms with van der Waals surface area (Å²) in [6.45, 7) is 14.4. The maximum absolute atomic E-state index is 12.6. The second-order valence-corrected chi connectivity index (χ2v) is 6.17. The Morgan fingerprint density at radius 3 is 2.47 bits per heavy atom. The van der Waals surface area contributed by atoms with Gasteiger partial charge in [-0.05, 0) is 45.6 Å². The molecule has 1 rings (SSSR count). The summed E-state index contributed by atoms with van der Waals surface area (Å²) in [7, 11) is 0. The maximum Gasteiger partial charge on any atom is 0.242 e. The van der Waals surface area contributed by atoms with Crippen LogP contribution in [0, 0.1) is 11.8 Å². The molecule has 1 aliphatic rings. The Hall–Kier alpha value is -0.570. The highest BCUT2D eigenvalue weighted by Gasteiger charge is 2.38. The third kappa shape index (κ3) is 3.21. The molecule has 17 heavy (non-hydrogen) atoms. The number of amides is 1. The monoisotopic (exact) mass is 240 g/mol. The number of nitrogens with one attached hydrogen (secondary N) is 1. The quantitative estimate of drug-likeness (QED) is 0.821. The molecule has 3 atom stereocenters. The predicted molar refractivity (Wildman–Crippen MR) is 71.9 cm³/mol. The summed E-state index contributed by atoms with van der Waals surface area (Å²) in [5.41, 5.74) is -0.445. The van der Waals surface area contributed by atoms with Gasteiger partial charge in [-0.15, -0.1) is 0 Å². The van der Waals surface area contributed by atoms with Crippen LogP contribution in [0.3, 0.4) is 0 Å². The van der Waals surface area contributed by atoms with E-state index in [1.165, 1.54) is 6.42 Å². The maximum atomic E-state index is 12.6. The van der Waals surface area contributed by atoms with E-state index in [4.69, 9.17) is 0 Å². The topological polar surface area (TPSA) is 32.3 Å². The van der Waals surface area contributed by atoms with Gasteiger partial charge in [0.15, 0.2) is 0 Å². The molecule has 1 N–H and O–H groups in total. The minimum absolute atomic E-state index is 0.241. The van der Waals surface area contributed by atoms with E-state index < -0.39 is 5.54 Å². The molecule has 0 aromatic heterocycles. The standard InChI is InChI=1S/C14H28N2O/c1-7-15-14(5,6)13(17)16-9-10(2)8-11(3)12(16)4/h10-12,15H,7-9H2,1-6H3. The van der Waals surface area contributed by atoms with Crippen molar-refractivity contribution in [2.75, 3.05) is 13.1 Å². The molecule has 100 valence electrons. The normalized spacial score (nSPS) is 30.5. The Bertz CT molecular complexity index is 275. The van der Waals surface area contributed by atoms with E-state index in [2.05, 4.69) is 31.0 Å². The Morgan fingerprint density at radius 2 is 1.94 bits per heavy atom. The van der Waals surface area contributed by atoms with Crippen LogP contribution in [0.5, 0.6) is 0 Å². The molecule has 1 aliphatic heterocycles. The first-order valence-electron chi connectivity index (χ1n) is 6.85. The molecule has 0 spiro atoms. The van der Waals surface area contributed by atoms with Gasteiger partial charge in [-0.1, -0.05) is 20.8 Å². The molecular weight excluding hydrogens is 212 g/mol. The summed E-state index contributed by atoms with van der Waals surface area (Å²) in [4.78, 5) is 14.6. The van der Waals surface area contributed by atoms with Gasteiger partial charge in [-0.3, -0.25) is 4.79 Å². The molecule has 0 aromatic rings. The Labute approximate surface area is 106 Å². The first kappa shape index (κ1) is 14.5. The average Bonchev–Trinajstić information content (AvgIpc) is 2.22. The third-order valence-corrected chi connectivity index (χ3v) is 4.01. The summed E-state index contributed by atoms with van der Waals surface area (Å²) in [6.07, 6.45) is 1.23. The summed E-state index contributed by atoms with van der Waals surface area (Å²) in [5.74, 6) is 1.45. The number of rotatable bonds is 3. The van der Waals surface area contributed by atoms with Gasteiger partial charge in [-0.2, -0.15) is 0 Å². The summed E-state index contributed by atoms with van der Waals surface area (Å²) in [5, 5.41) is 3.28. The summed E-state index contributed by atoms with van der Waals surface area (Å²) < 4.78 is 0. The number of carbonyl (C=O) groups is 1. The van der Waals surface area contributed by atoms with Crippen LogP contribution in [0.2, 0.25) is 0 Å². The molecule has 0 aliphatic carbocycles. The largest absolute Gasteiger partial charge is 0.338 e. The van der Waals surface area contributed by atoms with Gasteiger partial charge in [0.05, 0.1) is 5.54 Å². The second-order valence-electron chi connectivity index (χ2n) is 6.17. The number of carbonyl (C=O) groups excluding carboxylic acids is 1. The van der Waals surface area contributed by atoms with Crippen molar-refractivity contribution in [1.82, 2.24) is 10.2 Å². The fourth-order valence-electron chi connectivity index (χ4n) is 2.86. The number of hydrogen-bond acceptors (Lipinski definition) is 2. The van der Waals surface area contributed by atoms with Crippen molar-refractivity contribution in [3.05, 3.63) is 0 Å². The van der Waals surface area contributed by atoms with E-state index in [-0.39, 0.29) is 5.91 Å². The van der Waals surface area contributed by atoms with Crippen LogP contribution >= 0.6 is 0 Å². The van der Waals surface area contributed by atoms with E-state index in [0.717, 1.165) is 13.1 Å². The van der Waals surface area contributed by atoms with Gasteiger partial charge in [0.2, 0.25) is 5.91 Å². The molecule has 1 amide bonds. The average molecular weight is 240 g/mol. The number of hydrogen-bond donors (Lipinski definition) is 1. The highest BCUT2D eigenvalue weighted by Crippen LogP contribution is 2.28. The van der Waals surface area contributed by atoms with Crippen molar-refractivity contribution in [3.63, 3.8) is 0 Å². The van der Waals surface area contributed by atoms with Crippen LogP contribution in [0.15, 0.2) is 0 Å². The minimum Gasteiger partial charge on any atom is -0.338 e. The van der Waals surface area contributed by atoms with Gasteiger partial charge < -0.3 is 10.2 Å². The molecule has 0 radical (unpaired) electrons. The molecule has 1 saturated heterocycles. The Balaban J connectivity index is 2.79. The molecule has 3 heteroatoms. The van der Waals surface area contributed by atoms with Gasteiger partial charge in [0, 0.05) is 12.6 Å². The van der Waals surface area contributed by atoms with Crippen molar-refractivity contribution in [2.45, 2.75) is 59.5 Å². The first-order chi connectivity index (χ1) is 7.79. The molecule has 3 nitrogen and oxygen atoms in total. The fraction of sp³-hybridized carbons (Fsp3) is 0.929. The lowest BCUT2D eigenvalue weighted by molar-refractivity contribution is -0.143. The smallest absolute Gasteiger partial charge is 0.242 e. The van der Waals surface area contributed by atoms with E-state index >= 15 is 0 Å². The SMILES string of the molecule is CCNC(C)(C)C(=O)N1CC(C)CC(C)C1C. The van der Waals surface area contributed by atoms with Crippen molar-refractivity contribution in [1.29, 1.82) is 0 Å². The zero-order chi connectivity index (χ0) is 13.2. The van der Waals surface area contributed by atoms with Crippen LogP contribution in [0.25, 0.3) is 0 Å². The van der Waals surface area contributed by atoms with E-state index in [1.54, 1.807) is 0 Å². The lowest BCUT2D eigenvalue weighted by Crippen LogP contribution is -2.59. The summed E-state index contributed by atoms with van der Waals surface area (Å²) in [6, 6.07) is 0.358. The predicted octanol–water partition coefficient (Wildman–Crippen LogP) is 2.27. The molecular formula is C14H28N2O. The highest BCUT2D eigenvalue weighted by molar-refractivity contribution is 5.85. The van der Waals surface area contributed by atoms with Crippen molar-refractivity contribution < 1.29 is 4.79 Å². The van der Waals surface area contributed by atoms with Gasteiger partial charge in [0.1, 0.15) is 0 Å². The zero-order valence-corrected chi connectivity index (χ0v) is 12.2. The molecule has 1 heterocycles. The van der Waals surface area contributed by atoms with Crippen molar-refractivity contribution in [2.24, 2.45) is 11.8 Å². The fourth-order valence-corrected chi connectivity index (χ4v) is 2.86. The van der Waals surface area contributed by atoms with Crippen molar-refractivity contribution in [3.8, 4) is 0 Å². The number of nitrogens with zero attached hydrogens (tertiary/aromatic N) is 1. The molecule has 0 bridgehead atoms. The van der Waals surface area contributed by atoms with E-state index in [0.29, 0.717) is 17.9 Å². The molecule has 0 aromatic carbocycles. The Morgan fingerprint density at radius 1 is 1.35 bits per heavy atom. The third-order valence-electron chi connectivity index (χ3n) is 4.01. The minimum atomic E-state index is -0.445. The van der Waals surface area contributed by atoms with Gasteiger partial charge in [-0.25, -0.2) is 0 Å². The van der Waals surface area contributed by atoms with Crippen LogP contribution in [0.1, 0.15) is 48.0 Å². The van der Waals surface area contributed by atoms with E-state index in [1.807, 2.05) is 20.8 Å². The Kier molecular flexibility index (Phi) is 4.59. The number of likely N-dealkylation sites (tertiary alicyclic amines) is 1. The first-order valence-corrected chi connectivity index (χ1v) is 6.85. The lowest BCUT2D eigenvalue weighted by Gasteiger charge is -2.44. The van der Waals surface area contributed by atoms with E-state index in [9.17, 15) is 4.79 Å². The second kappa shape index (κ2) is 5.38. The number of likely N-dealkylation sites (N-methyl/N-ethyl adjacent to an activating group) is 1. The van der Waals surface area contributed by atoms with Crippen LogP contribution in [-0.4, -0.2) is 35.5 Å². The van der Waals surface area contributed by atoms with Gasteiger partial charge >= 0.3 is 0 Å². The zero-order valence-electron chi connectivity index (χ0n) is 12.2. The summed E-state index contributed by atoms with van der Waals surface area (Å²) >= 11 is 0. The van der Waals surface area contributed by atoms with Crippen LogP contribution in [0.4, 0.5) is 0 Å².